The number of rotatable bonds is 3. The van der Waals surface area contributed by atoms with Crippen LogP contribution in [0, 0.1) is 0 Å². The molecule has 16 heavy (non-hydrogen) atoms. The number of hydrogen-bond donors (Lipinski definition) is 0. The average molecular weight is 253 g/mol. The van der Waals surface area contributed by atoms with Crippen molar-refractivity contribution in [3.63, 3.8) is 0 Å². The molecule has 0 unspecified atom stereocenters. The summed E-state index contributed by atoms with van der Waals surface area (Å²) in [7, 11) is 0. The predicted molar refractivity (Wildman–Crippen MR) is 52.5 cm³/mol. The largest absolute Gasteiger partial charge is 0.573 e. The summed E-state index contributed by atoms with van der Waals surface area (Å²) in [5.74, 6) is -0.665. The minimum Gasteiger partial charge on any atom is -0.405 e. The first kappa shape index (κ1) is 12.8. The maximum atomic E-state index is 12.0. The molecule has 0 saturated carbocycles. The zero-order valence-electron chi connectivity index (χ0n) is 8.27. The zero-order valence-corrected chi connectivity index (χ0v) is 9.02. The van der Waals surface area contributed by atoms with Crippen molar-refractivity contribution in [3.05, 3.63) is 28.8 Å². The predicted octanol–water partition coefficient (Wildman–Crippen LogP) is 3.37. The summed E-state index contributed by atoms with van der Waals surface area (Å²) in [5.41, 5.74) is 0.123. The average Bonchev–Trinajstić information content (AvgIpc) is 2.06. The number of ketones is 1. The summed E-state index contributed by atoms with van der Waals surface area (Å²) in [6, 6.07) is 3.64. The minimum atomic E-state index is -4.78. The van der Waals surface area contributed by atoms with Crippen LogP contribution in [0.4, 0.5) is 13.2 Å². The third kappa shape index (κ3) is 4.10. The Hall–Kier alpha value is -1.23. The fraction of sp³-hybridized carbons (Fsp3) is 0.300. The van der Waals surface area contributed by atoms with Crippen LogP contribution in [0.1, 0.15) is 12.5 Å². The van der Waals surface area contributed by atoms with Crippen molar-refractivity contribution in [1.82, 2.24) is 0 Å². The van der Waals surface area contributed by atoms with Crippen LogP contribution in [0.25, 0.3) is 0 Å². The van der Waals surface area contributed by atoms with E-state index in [1.165, 1.54) is 19.1 Å². The lowest BCUT2D eigenvalue weighted by molar-refractivity contribution is -0.274. The van der Waals surface area contributed by atoms with Crippen LogP contribution in [0.5, 0.6) is 5.75 Å². The van der Waals surface area contributed by atoms with Crippen LogP contribution in [-0.4, -0.2) is 12.1 Å². The van der Waals surface area contributed by atoms with Crippen LogP contribution < -0.4 is 4.74 Å². The molecule has 0 N–H and O–H groups in total. The first-order valence-electron chi connectivity index (χ1n) is 4.31. The Bertz CT molecular complexity index is 402. The summed E-state index contributed by atoms with van der Waals surface area (Å²) >= 11 is 5.62. The van der Waals surface area contributed by atoms with E-state index in [0.29, 0.717) is 0 Å². The van der Waals surface area contributed by atoms with Gasteiger partial charge in [-0.3, -0.25) is 4.79 Å². The molecule has 2 nitrogen and oxygen atoms in total. The standard InChI is InChI=1S/C10H8ClF3O2/c1-6(15)4-7-5-8(11)2-3-9(7)16-10(12,13)14/h2-3,5H,4H2,1H3. The van der Waals surface area contributed by atoms with Crippen molar-refractivity contribution in [2.75, 3.05) is 0 Å². The highest BCUT2D eigenvalue weighted by atomic mass is 35.5. The number of carbonyl (C=O) groups is 1. The summed E-state index contributed by atoms with van der Waals surface area (Å²) in [6.45, 7) is 1.28. The summed E-state index contributed by atoms with van der Waals surface area (Å²) < 4.78 is 39.8. The minimum absolute atomic E-state index is 0.123. The van der Waals surface area contributed by atoms with Crippen molar-refractivity contribution < 1.29 is 22.7 Å². The Morgan fingerprint density at radius 3 is 2.56 bits per heavy atom. The maximum absolute atomic E-state index is 12.0. The molecule has 1 aromatic carbocycles. The smallest absolute Gasteiger partial charge is 0.405 e. The second kappa shape index (κ2) is 4.74. The molecular formula is C10H8ClF3O2. The summed E-state index contributed by atoms with van der Waals surface area (Å²) in [6.07, 6.45) is -4.93. The van der Waals surface area contributed by atoms with Gasteiger partial charge in [0.25, 0.3) is 0 Å². The van der Waals surface area contributed by atoms with Gasteiger partial charge in [0, 0.05) is 17.0 Å². The summed E-state index contributed by atoms with van der Waals surface area (Å²) in [4.78, 5) is 10.9. The Balaban J connectivity index is 3.02. The number of alkyl halides is 3. The molecule has 0 spiro atoms. The first-order chi connectivity index (χ1) is 7.28. The van der Waals surface area contributed by atoms with Crippen LogP contribution in [0.15, 0.2) is 18.2 Å². The number of carbonyl (C=O) groups excluding carboxylic acids is 1. The summed E-state index contributed by atoms with van der Waals surface area (Å²) in [5, 5.41) is 0.255. The van der Waals surface area contributed by atoms with E-state index >= 15 is 0 Å². The number of halogens is 4. The zero-order chi connectivity index (χ0) is 12.3. The third-order valence-corrected chi connectivity index (χ3v) is 1.92. The van der Waals surface area contributed by atoms with E-state index in [1.807, 2.05) is 0 Å². The van der Waals surface area contributed by atoms with Gasteiger partial charge in [-0.2, -0.15) is 0 Å². The van der Waals surface area contributed by atoms with Crippen LogP contribution in [0.2, 0.25) is 5.02 Å². The van der Waals surface area contributed by atoms with Gasteiger partial charge in [-0.1, -0.05) is 11.6 Å². The number of benzene rings is 1. The Morgan fingerprint density at radius 2 is 2.06 bits per heavy atom. The van der Waals surface area contributed by atoms with Crippen LogP contribution in [0.3, 0.4) is 0 Å². The highest BCUT2D eigenvalue weighted by molar-refractivity contribution is 6.30. The molecule has 0 amide bonds. The van der Waals surface area contributed by atoms with Crippen molar-refractivity contribution in [2.45, 2.75) is 19.7 Å². The highest BCUT2D eigenvalue weighted by Gasteiger charge is 2.32. The fourth-order valence-electron chi connectivity index (χ4n) is 1.18. The molecule has 88 valence electrons. The van der Waals surface area contributed by atoms with Crippen molar-refractivity contribution in [1.29, 1.82) is 0 Å². The lowest BCUT2D eigenvalue weighted by Crippen LogP contribution is -2.18. The molecule has 0 aromatic heterocycles. The van der Waals surface area contributed by atoms with Gasteiger partial charge in [-0.05, 0) is 25.1 Å². The molecule has 0 aliphatic heterocycles. The van der Waals surface area contributed by atoms with E-state index in [4.69, 9.17) is 11.6 Å². The van der Waals surface area contributed by atoms with Gasteiger partial charge in [0.1, 0.15) is 11.5 Å². The normalized spacial score (nSPS) is 11.3. The van der Waals surface area contributed by atoms with E-state index in [0.717, 1.165) is 6.07 Å². The molecule has 0 atom stereocenters. The van der Waals surface area contributed by atoms with Crippen molar-refractivity contribution in [3.8, 4) is 5.75 Å². The third-order valence-electron chi connectivity index (χ3n) is 1.69. The molecule has 0 radical (unpaired) electrons. The van der Waals surface area contributed by atoms with E-state index in [9.17, 15) is 18.0 Å². The molecule has 6 heteroatoms. The molecule has 1 aromatic rings. The molecule has 0 saturated heterocycles. The molecule has 0 aliphatic rings. The first-order valence-corrected chi connectivity index (χ1v) is 4.69. The van der Waals surface area contributed by atoms with Crippen LogP contribution in [-0.2, 0) is 11.2 Å². The Labute approximate surface area is 95.0 Å². The van der Waals surface area contributed by atoms with E-state index < -0.39 is 12.1 Å². The molecule has 0 bridgehead atoms. The van der Waals surface area contributed by atoms with E-state index in [2.05, 4.69) is 4.74 Å². The number of hydrogen-bond acceptors (Lipinski definition) is 2. The van der Waals surface area contributed by atoms with Gasteiger partial charge >= 0.3 is 6.36 Å². The quantitative estimate of drug-likeness (QED) is 0.824. The highest BCUT2D eigenvalue weighted by Crippen LogP contribution is 2.29. The van der Waals surface area contributed by atoms with Crippen molar-refractivity contribution >= 4 is 17.4 Å². The second-order valence-electron chi connectivity index (χ2n) is 3.18. The lowest BCUT2D eigenvalue weighted by atomic mass is 10.1. The molecule has 0 aliphatic carbocycles. The van der Waals surface area contributed by atoms with Crippen LogP contribution >= 0.6 is 11.6 Å². The van der Waals surface area contributed by atoms with Gasteiger partial charge in [-0.15, -0.1) is 13.2 Å². The molecule has 0 fully saturated rings. The monoisotopic (exact) mass is 252 g/mol. The SMILES string of the molecule is CC(=O)Cc1cc(Cl)ccc1OC(F)(F)F. The van der Waals surface area contributed by atoms with Crippen molar-refractivity contribution in [2.24, 2.45) is 0 Å². The molecule has 1 rings (SSSR count). The van der Waals surface area contributed by atoms with Gasteiger partial charge in [0.2, 0.25) is 0 Å². The van der Waals surface area contributed by atoms with E-state index in [1.54, 1.807) is 0 Å². The van der Waals surface area contributed by atoms with Gasteiger partial charge in [0.05, 0.1) is 0 Å². The molecule has 0 heterocycles. The lowest BCUT2D eigenvalue weighted by Gasteiger charge is -2.12. The number of Topliss-reactive ketones (excluding diaryl/α,β-unsaturated/α-hetero) is 1. The van der Waals surface area contributed by atoms with E-state index in [-0.39, 0.29) is 22.8 Å². The fourth-order valence-corrected chi connectivity index (χ4v) is 1.37. The Morgan fingerprint density at radius 1 is 1.44 bits per heavy atom. The molecular weight excluding hydrogens is 245 g/mol. The van der Waals surface area contributed by atoms with Gasteiger partial charge < -0.3 is 4.74 Å². The van der Waals surface area contributed by atoms with Gasteiger partial charge in [0.15, 0.2) is 0 Å². The topological polar surface area (TPSA) is 26.3 Å². The Kier molecular flexibility index (Phi) is 3.80. The number of ether oxygens (including phenoxy) is 1. The van der Waals surface area contributed by atoms with Gasteiger partial charge in [-0.25, -0.2) is 0 Å². The second-order valence-corrected chi connectivity index (χ2v) is 3.62. The maximum Gasteiger partial charge on any atom is 0.573 e.